The summed E-state index contributed by atoms with van der Waals surface area (Å²) in [6, 6.07) is -0.648. The van der Waals surface area contributed by atoms with E-state index in [0.717, 1.165) is 0 Å². The zero-order valence-electron chi connectivity index (χ0n) is 8.69. The van der Waals surface area contributed by atoms with Gasteiger partial charge in [-0.05, 0) is 27.3 Å². The van der Waals surface area contributed by atoms with E-state index in [-0.39, 0.29) is 6.04 Å². The molecule has 3 atom stereocenters. The molecule has 0 aromatic rings. The molecule has 0 rings (SSSR count). The van der Waals surface area contributed by atoms with Crippen molar-refractivity contribution in [1.29, 1.82) is 0 Å². The second-order valence-electron chi connectivity index (χ2n) is 3.41. The van der Waals surface area contributed by atoms with E-state index in [9.17, 15) is 9.90 Å². The van der Waals surface area contributed by atoms with Crippen molar-refractivity contribution in [1.82, 2.24) is 4.90 Å². The fraction of sp³-hybridized carbons (Fsp3) is 0.889. The zero-order chi connectivity index (χ0) is 10.6. The number of rotatable bonds is 5. The van der Waals surface area contributed by atoms with E-state index in [1.807, 2.05) is 13.8 Å². The van der Waals surface area contributed by atoms with Gasteiger partial charge in [0.25, 0.3) is 0 Å². The smallest absolute Gasteiger partial charge is 0.320 e. The van der Waals surface area contributed by atoms with E-state index in [4.69, 9.17) is 5.11 Å². The van der Waals surface area contributed by atoms with Crippen molar-refractivity contribution in [2.75, 3.05) is 7.05 Å². The van der Waals surface area contributed by atoms with Crippen LogP contribution in [-0.2, 0) is 4.79 Å². The SMILES string of the molecule is CCC(C(=O)O)N(C)C(C)C(C)O. The lowest BCUT2D eigenvalue weighted by molar-refractivity contribution is -0.144. The maximum Gasteiger partial charge on any atom is 0.320 e. The summed E-state index contributed by atoms with van der Waals surface area (Å²) in [6.45, 7) is 5.30. The largest absolute Gasteiger partial charge is 0.480 e. The van der Waals surface area contributed by atoms with E-state index >= 15 is 0 Å². The predicted molar refractivity (Wildman–Crippen MR) is 50.6 cm³/mol. The molecule has 0 bridgehead atoms. The molecule has 3 unspecified atom stereocenters. The lowest BCUT2D eigenvalue weighted by Gasteiger charge is -2.31. The Kier molecular flexibility index (Phi) is 4.95. The second kappa shape index (κ2) is 5.19. The third-order valence-electron chi connectivity index (χ3n) is 2.50. The van der Waals surface area contributed by atoms with Crippen LogP contribution in [0.25, 0.3) is 0 Å². The van der Waals surface area contributed by atoms with Crippen molar-refractivity contribution in [3.05, 3.63) is 0 Å². The average Bonchev–Trinajstić information content (AvgIpc) is 2.03. The molecule has 13 heavy (non-hydrogen) atoms. The Morgan fingerprint density at radius 2 is 1.92 bits per heavy atom. The molecule has 0 saturated carbocycles. The van der Waals surface area contributed by atoms with Crippen LogP contribution in [0.5, 0.6) is 0 Å². The van der Waals surface area contributed by atoms with Gasteiger partial charge >= 0.3 is 5.97 Å². The van der Waals surface area contributed by atoms with Crippen LogP contribution in [0.4, 0.5) is 0 Å². The first-order valence-electron chi connectivity index (χ1n) is 4.54. The van der Waals surface area contributed by atoms with Crippen molar-refractivity contribution >= 4 is 5.97 Å². The highest BCUT2D eigenvalue weighted by atomic mass is 16.4. The summed E-state index contributed by atoms with van der Waals surface area (Å²) in [4.78, 5) is 12.5. The molecule has 0 saturated heterocycles. The number of hydrogen-bond donors (Lipinski definition) is 2. The summed E-state index contributed by atoms with van der Waals surface area (Å²) in [7, 11) is 1.72. The third kappa shape index (κ3) is 3.32. The number of aliphatic hydroxyl groups is 1. The Labute approximate surface area is 79.2 Å². The number of aliphatic hydroxyl groups excluding tert-OH is 1. The van der Waals surface area contributed by atoms with Crippen LogP contribution in [0.15, 0.2) is 0 Å². The van der Waals surface area contributed by atoms with Gasteiger partial charge in [-0.1, -0.05) is 6.92 Å². The number of likely N-dealkylation sites (N-methyl/N-ethyl adjacent to an activating group) is 1. The van der Waals surface area contributed by atoms with Gasteiger partial charge in [0.15, 0.2) is 0 Å². The van der Waals surface area contributed by atoms with Crippen LogP contribution in [-0.4, -0.2) is 46.3 Å². The molecule has 0 aromatic heterocycles. The molecule has 0 heterocycles. The fourth-order valence-corrected chi connectivity index (χ4v) is 1.26. The molecule has 0 aliphatic heterocycles. The van der Waals surface area contributed by atoms with Gasteiger partial charge in [0.2, 0.25) is 0 Å². The molecular weight excluding hydrogens is 170 g/mol. The minimum atomic E-state index is -0.836. The van der Waals surface area contributed by atoms with Gasteiger partial charge in [0.1, 0.15) is 6.04 Å². The maximum atomic E-state index is 10.8. The van der Waals surface area contributed by atoms with Gasteiger partial charge in [0.05, 0.1) is 6.10 Å². The van der Waals surface area contributed by atoms with Gasteiger partial charge in [-0.2, -0.15) is 0 Å². The van der Waals surface area contributed by atoms with Crippen LogP contribution < -0.4 is 0 Å². The molecule has 0 aliphatic rings. The Bertz CT molecular complexity index is 170. The first-order valence-corrected chi connectivity index (χ1v) is 4.54. The standard InChI is InChI=1S/C9H19NO3/c1-5-8(9(12)13)10(4)6(2)7(3)11/h6-8,11H,5H2,1-4H3,(H,12,13). The van der Waals surface area contributed by atoms with Crippen LogP contribution in [0, 0.1) is 0 Å². The molecule has 0 aromatic carbocycles. The maximum absolute atomic E-state index is 10.8. The highest BCUT2D eigenvalue weighted by molar-refractivity contribution is 5.73. The second-order valence-corrected chi connectivity index (χ2v) is 3.41. The fourth-order valence-electron chi connectivity index (χ4n) is 1.26. The molecule has 0 aliphatic carbocycles. The summed E-state index contributed by atoms with van der Waals surface area (Å²) < 4.78 is 0. The average molecular weight is 189 g/mol. The van der Waals surface area contributed by atoms with Gasteiger partial charge in [0, 0.05) is 6.04 Å². The minimum absolute atomic E-state index is 0.138. The lowest BCUT2D eigenvalue weighted by atomic mass is 10.1. The zero-order valence-corrected chi connectivity index (χ0v) is 8.69. The van der Waals surface area contributed by atoms with Gasteiger partial charge in [-0.3, -0.25) is 9.69 Å². The van der Waals surface area contributed by atoms with Crippen molar-refractivity contribution in [3.63, 3.8) is 0 Å². The van der Waals surface area contributed by atoms with Crippen molar-refractivity contribution in [2.45, 2.75) is 45.4 Å². The quantitative estimate of drug-likeness (QED) is 0.663. The van der Waals surface area contributed by atoms with Gasteiger partial charge < -0.3 is 10.2 Å². The van der Waals surface area contributed by atoms with E-state index in [0.29, 0.717) is 6.42 Å². The lowest BCUT2D eigenvalue weighted by Crippen LogP contribution is -2.47. The van der Waals surface area contributed by atoms with Crippen molar-refractivity contribution < 1.29 is 15.0 Å². The minimum Gasteiger partial charge on any atom is -0.480 e. The van der Waals surface area contributed by atoms with Crippen LogP contribution in [0.3, 0.4) is 0 Å². The number of carboxylic acids is 1. The Morgan fingerprint density at radius 3 is 2.15 bits per heavy atom. The molecule has 4 heteroatoms. The summed E-state index contributed by atoms with van der Waals surface area (Å²) in [5.41, 5.74) is 0. The van der Waals surface area contributed by atoms with E-state index in [1.54, 1.807) is 18.9 Å². The first kappa shape index (κ1) is 12.4. The summed E-state index contributed by atoms with van der Waals surface area (Å²) in [5.74, 6) is -0.836. The summed E-state index contributed by atoms with van der Waals surface area (Å²) >= 11 is 0. The summed E-state index contributed by atoms with van der Waals surface area (Å²) in [5, 5.41) is 18.1. The molecule has 78 valence electrons. The molecule has 2 N–H and O–H groups in total. The van der Waals surface area contributed by atoms with Crippen LogP contribution in [0.1, 0.15) is 27.2 Å². The highest BCUT2D eigenvalue weighted by Crippen LogP contribution is 2.09. The van der Waals surface area contributed by atoms with E-state index in [1.165, 1.54) is 0 Å². The third-order valence-corrected chi connectivity index (χ3v) is 2.50. The van der Waals surface area contributed by atoms with Crippen molar-refractivity contribution in [3.8, 4) is 0 Å². The number of carboxylic acid groups (broad SMARTS) is 1. The first-order chi connectivity index (χ1) is 5.91. The molecule has 0 fully saturated rings. The normalized spacial score (nSPS) is 18.3. The van der Waals surface area contributed by atoms with Crippen LogP contribution in [0.2, 0.25) is 0 Å². The molecule has 4 nitrogen and oxygen atoms in total. The van der Waals surface area contributed by atoms with Crippen molar-refractivity contribution in [2.24, 2.45) is 0 Å². The number of aliphatic carboxylic acids is 1. The Morgan fingerprint density at radius 1 is 1.46 bits per heavy atom. The monoisotopic (exact) mass is 189 g/mol. The van der Waals surface area contributed by atoms with E-state index in [2.05, 4.69) is 0 Å². The predicted octanol–water partition coefficient (Wildman–Crippen LogP) is 0.551. The summed E-state index contributed by atoms with van der Waals surface area (Å²) in [6.07, 6.45) is 0.0292. The number of carbonyl (C=O) groups is 1. The number of hydrogen-bond acceptors (Lipinski definition) is 3. The molecule has 0 amide bonds. The Hall–Kier alpha value is -0.610. The number of nitrogens with zero attached hydrogens (tertiary/aromatic N) is 1. The molecule has 0 spiro atoms. The molecule has 0 radical (unpaired) electrons. The van der Waals surface area contributed by atoms with Gasteiger partial charge in [-0.25, -0.2) is 0 Å². The topological polar surface area (TPSA) is 60.8 Å². The highest BCUT2D eigenvalue weighted by Gasteiger charge is 2.26. The van der Waals surface area contributed by atoms with E-state index < -0.39 is 18.1 Å². The van der Waals surface area contributed by atoms with Gasteiger partial charge in [-0.15, -0.1) is 0 Å². The Balaban J connectivity index is 4.36. The van der Waals surface area contributed by atoms with Crippen LogP contribution >= 0.6 is 0 Å². The molecular formula is C9H19NO3.